The van der Waals surface area contributed by atoms with Crippen LogP contribution in [0.25, 0.3) is 0 Å². The topological polar surface area (TPSA) is 58.6 Å². The first kappa shape index (κ1) is 20.6. The zero-order valence-corrected chi connectivity index (χ0v) is 17.5. The summed E-state index contributed by atoms with van der Waals surface area (Å²) in [5.74, 6) is 0.939. The molecule has 29 heavy (non-hydrogen) atoms. The molecule has 4 rings (SSSR count). The molecule has 1 aromatic carbocycles. The maximum Gasteiger partial charge on any atom is 0.194 e. The van der Waals surface area contributed by atoms with Crippen LogP contribution in [0, 0.1) is 0 Å². The van der Waals surface area contributed by atoms with Crippen LogP contribution in [0.3, 0.4) is 0 Å². The van der Waals surface area contributed by atoms with Gasteiger partial charge >= 0.3 is 0 Å². The molecule has 3 aliphatic rings. The van der Waals surface area contributed by atoms with Crippen molar-refractivity contribution in [3.63, 3.8) is 0 Å². The van der Waals surface area contributed by atoms with E-state index >= 15 is 0 Å². The second-order valence-electron chi connectivity index (χ2n) is 8.01. The first-order valence-corrected chi connectivity index (χ1v) is 10.9. The Hall–Kier alpha value is -1.67. The normalized spacial score (nSPS) is 26.7. The summed E-state index contributed by atoms with van der Waals surface area (Å²) in [6.07, 6.45) is 2.61. The zero-order valence-electron chi connectivity index (χ0n) is 17.5. The minimum atomic E-state index is 0.143. The zero-order chi connectivity index (χ0) is 19.9. The molecule has 1 aromatic rings. The Labute approximate surface area is 174 Å². The third-order valence-electron chi connectivity index (χ3n) is 5.97. The summed E-state index contributed by atoms with van der Waals surface area (Å²) in [6.45, 7) is 8.78. The molecular formula is C22H34N4O3. The summed E-state index contributed by atoms with van der Waals surface area (Å²) >= 11 is 0. The summed E-state index contributed by atoms with van der Waals surface area (Å²) in [5, 5.41) is 3.52. The Balaban J connectivity index is 1.26. The molecule has 2 atom stereocenters. The standard InChI is InChI=1S/C22H34N4O3/c1-23-22(26-10-14-29-21(17-26)20-3-2-11-28-20)24-15-18-4-6-19(7-5-18)16-25-8-12-27-13-9-25/h4-7,20-21H,2-3,8-17H2,1H3,(H,23,24). The lowest BCUT2D eigenvalue weighted by molar-refractivity contribution is -0.0817. The Kier molecular flexibility index (Phi) is 7.38. The fraction of sp³-hybridized carbons (Fsp3) is 0.682. The van der Waals surface area contributed by atoms with Gasteiger partial charge in [-0.25, -0.2) is 0 Å². The van der Waals surface area contributed by atoms with E-state index in [0.717, 1.165) is 84.5 Å². The van der Waals surface area contributed by atoms with E-state index in [1.807, 2.05) is 7.05 Å². The number of morpholine rings is 2. The van der Waals surface area contributed by atoms with Crippen LogP contribution in [0.5, 0.6) is 0 Å². The number of ether oxygens (including phenoxy) is 3. The van der Waals surface area contributed by atoms with Crippen molar-refractivity contribution < 1.29 is 14.2 Å². The lowest BCUT2D eigenvalue weighted by Gasteiger charge is -2.37. The molecule has 2 unspecified atom stereocenters. The van der Waals surface area contributed by atoms with Crippen LogP contribution < -0.4 is 5.32 Å². The van der Waals surface area contributed by atoms with Crippen LogP contribution in [0.2, 0.25) is 0 Å². The molecule has 7 nitrogen and oxygen atoms in total. The molecule has 3 fully saturated rings. The van der Waals surface area contributed by atoms with Gasteiger partial charge in [-0.3, -0.25) is 9.89 Å². The van der Waals surface area contributed by atoms with Gasteiger partial charge in [0.15, 0.2) is 5.96 Å². The molecule has 0 amide bonds. The number of rotatable bonds is 5. The van der Waals surface area contributed by atoms with E-state index in [9.17, 15) is 0 Å². The van der Waals surface area contributed by atoms with Gasteiger partial charge in [-0.15, -0.1) is 0 Å². The van der Waals surface area contributed by atoms with Gasteiger partial charge in [0.1, 0.15) is 6.10 Å². The molecule has 1 N–H and O–H groups in total. The lowest BCUT2D eigenvalue weighted by Crippen LogP contribution is -2.53. The molecule has 0 spiro atoms. The molecule has 3 saturated heterocycles. The summed E-state index contributed by atoms with van der Waals surface area (Å²) in [4.78, 5) is 9.24. The van der Waals surface area contributed by atoms with Crippen molar-refractivity contribution in [3.8, 4) is 0 Å². The van der Waals surface area contributed by atoms with E-state index in [2.05, 4.69) is 44.4 Å². The summed E-state index contributed by atoms with van der Waals surface area (Å²) in [5.41, 5.74) is 2.62. The van der Waals surface area contributed by atoms with Crippen molar-refractivity contribution >= 4 is 5.96 Å². The monoisotopic (exact) mass is 402 g/mol. The molecule has 0 bridgehead atoms. The third kappa shape index (κ3) is 5.69. The SMILES string of the molecule is CN=C(NCc1ccc(CN2CCOCC2)cc1)N1CCOC(C2CCCO2)C1. The molecule has 7 heteroatoms. The van der Waals surface area contributed by atoms with Crippen molar-refractivity contribution in [2.24, 2.45) is 4.99 Å². The van der Waals surface area contributed by atoms with Crippen molar-refractivity contribution in [2.75, 3.05) is 59.7 Å². The van der Waals surface area contributed by atoms with E-state index in [1.54, 1.807) is 0 Å². The number of hydrogen-bond acceptors (Lipinski definition) is 5. The second-order valence-corrected chi connectivity index (χ2v) is 8.01. The molecule has 0 radical (unpaired) electrons. The maximum atomic E-state index is 5.96. The highest BCUT2D eigenvalue weighted by Gasteiger charge is 2.32. The van der Waals surface area contributed by atoms with Crippen molar-refractivity contribution in [3.05, 3.63) is 35.4 Å². The minimum Gasteiger partial charge on any atom is -0.379 e. The van der Waals surface area contributed by atoms with E-state index in [0.29, 0.717) is 0 Å². The van der Waals surface area contributed by atoms with Crippen LogP contribution in [0.1, 0.15) is 24.0 Å². The largest absolute Gasteiger partial charge is 0.379 e. The first-order valence-electron chi connectivity index (χ1n) is 10.9. The highest BCUT2D eigenvalue weighted by atomic mass is 16.5. The Morgan fingerprint density at radius 2 is 1.76 bits per heavy atom. The molecule has 0 aliphatic carbocycles. The van der Waals surface area contributed by atoms with Crippen molar-refractivity contribution in [1.82, 2.24) is 15.1 Å². The van der Waals surface area contributed by atoms with E-state index in [1.165, 1.54) is 11.1 Å². The summed E-state index contributed by atoms with van der Waals surface area (Å²) in [7, 11) is 1.85. The molecular weight excluding hydrogens is 368 g/mol. The van der Waals surface area contributed by atoms with Crippen LogP contribution in [-0.2, 0) is 27.3 Å². The molecule has 0 saturated carbocycles. The van der Waals surface area contributed by atoms with Gasteiger partial charge in [0.05, 0.1) is 25.9 Å². The van der Waals surface area contributed by atoms with Gasteiger partial charge in [0.25, 0.3) is 0 Å². The van der Waals surface area contributed by atoms with Gasteiger partial charge in [-0.05, 0) is 24.0 Å². The van der Waals surface area contributed by atoms with Crippen LogP contribution in [0.15, 0.2) is 29.3 Å². The first-order chi connectivity index (χ1) is 14.3. The molecule has 3 heterocycles. The lowest BCUT2D eigenvalue weighted by atomic mass is 10.1. The number of aliphatic imine (C=N–C) groups is 1. The number of benzene rings is 1. The average molecular weight is 403 g/mol. The minimum absolute atomic E-state index is 0.143. The highest BCUT2D eigenvalue weighted by molar-refractivity contribution is 5.80. The Morgan fingerprint density at radius 1 is 1.00 bits per heavy atom. The van der Waals surface area contributed by atoms with Crippen LogP contribution >= 0.6 is 0 Å². The average Bonchev–Trinajstić information content (AvgIpc) is 3.31. The van der Waals surface area contributed by atoms with Gasteiger partial charge in [-0.2, -0.15) is 0 Å². The van der Waals surface area contributed by atoms with Gasteiger partial charge < -0.3 is 24.4 Å². The fourth-order valence-corrected chi connectivity index (χ4v) is 4.28. The smallest absolute Gasteiger partial charge is 0.194 e. The van der Waals surface area contributed by atoms with E-state index in [4.69, 9.17) is 14.2 Å². The third-order valence-corrected chi connectivity index (χ3v) is 5.97. The molecule has 0 aromatic heterocycles. The predicted octanol–water partition coefficient (Wildman–Crippen LogP) is 1.47. The number of nitrogens with zero attached hydrogens (tertiary/aromatic N) is 3. The summed E-state index contributed by atoms with van der Waals surface area (Å²) in [6, 6.07) is 8.89. The Morgan fingerprint density at radius 3 is 2.48 bits per heavy atom. The second kappa shape index (κ2) is 10.4. The quantitative estimate of drug-likeness (QED) is 0.595. The van der Waals surface area contributed by atoms with Crippen LogP contribution in [-0.4, -0.2) is 87.6 Å². The van der Waals surface area contributed by atoms with E-state index < -0.39 is 0 Å². The Bertz CT molecular complexity index is 655. The van der Waals surface area contributed by atoms with Crippen molar-refractivity contribution in [2.45, 2.75) is 38.1 Å². The summed E-state index contributed by atoms with van der Waals surface area (Å²) < 4.78 is 17.2. The van der Waals surface area contributed by atoms with Gasteiger partial charge in [-0.1, -0.05) is 24.3 Å². The molecule has 160 valence electrons. The van der Waals surface area contributed by atoms with Gasteiger partial charge in [0.2, 0.25) is 0 Å². The number of guanidine groups is 1. The number of nitrogens with one attached hydrogen (secondary N) is 1. The van der Waals surface area contributed by atoms with E-state index in [-0.39, 0.29) is 12.2 Å². The highest BCUT2D eigenvalue weighted by Crippen LogP contribution is 2.21. The van der Waals surface area contributed by atoms with Crippen LogP contribution in [0.4, 0.5) is 0 Å². The van der Waals surface area contributed by atoms with Gasteiger partial charge in [0, 0.05) is 52.9 Å². The maximum absolute atomic E-state index is 5.96. The van der Waals surface area contributed by atoms with Crippen molar-refractivity contribution in [1.29, 1.82) is 0 Å². The molecule has 3 aliphatic heterocycles. The number of hydrogen-bond donors (Lipinski definition) is 1. The predicted molar refractivity (Wildman–Crippen MR) is 113 cm³/mol. The fourth-order valence-electron chi connectivity index (χ4n) is 4.28.